The maximum Gasteiger partial charge on any atom is 0.154 e. The molecule has 0 aliphatic heterocycles. The van der Waals surface area contributed by atoms with Crippen LogP contribution in [0.4, 0.5) is 0 Å². The molecule has 0 aliphatic carbocycles. The third-order valence-electron chi connectivity index (χ3n) is 4.13. The lowest BCUT2D eigenvalue weighted by Crippen LogP contribution is -2.51. The van der Waals surface area contributed by atoms with Crippen molar-refractivity contribution >= 4 is 9.84 Å². The summed E-state index contributed by atoms with van der Waals surface area (Å²) in [6, 6.07) is 1.93. The summed E-state index contributed by atoms with van der Waals surface area (Å²) in [4.78, 5) is 0. The fourth-order valence-corrected chi connectivity index (χ4v) is 3.01. The Bertz CT molecular complexity index is 547. The van der Waals surface area contributed by atoms with Crippen molar-refractivity contribution in [3.63, 3.8) is 0 Å². The second kappa shape index (κ2) is 6.26. The van der Waals surface area contributed by atoms with Gasteiger partial charge in [-0.3, -0.25) is 4.68 Å². The Kier molecular flexibility index (Phi) is 5.38. The van der Waals surface area contributed by atoms with Gasteiger partial charge in [0.15, 0.2) is 9.84 Å². The van der Waals surface area contributed by atoms with Crippen molar-refractivity contribution in [2.45, 2.75) is 57.9 Å². The van der Waals surface area contributed by atoms with Gasteiger partial charge in [-0.25, -0.2) is 8.42 Å². The van der Waals surface area contributed by atoms with Crippen molar-refractivity contribution in [3.05, 3.63) is 17.5 Å². The molecule has 1 heterocycles. The Morgan fingerprint density at radius 3 is 2.40 bits per heavy atom. The largest absolute Gasteiger partial charge is 0.315 e. The maximum atomic E-state index is 12.0. The first-order valence-corrected chi connectivity index (χ1v) is 8.98. The molecule has 0 saturated carbocycles. The first-order chi connectivity index (χ1) is 9.17. The quantitative estimate of drug-likeness (QED) is 0.827. The van der Waals surface area contributed by atoms with Crippen LogP contribution in [0.2, 0.25) is 0 Å². The topological polar surface area (TPSA) is 64.0 Å². The van der Waals surface area contributed by atoms with E-state index in [1.807, 2.05) is 18.7 Å². The third-order valence-corrected chi connectivity index (χ3v) is 6.33. The second-order valence-electron chi connectivity index (χ2n) is 5.72. The van der Waals surface area contributed by atoms with E-state index in [9.17, 15) is 8.42 Å². The SMILES string of the molecule is CCc1cc(CC(NC)C(C)(C)S(C)(=O)=O)n(CC)n1. The summed E-state index contributed by atoms with van der Waals surface area (Å²) in [6.07, 6.45) is 2.84. The Hall–Kier alpha value is -0.880. The van der Waals surface area contributed by atoms with E-state index >= 15 is 0 Å². The zero-order chi connectivity index (χ0) is 15.6. The molecule has 1 unspecified atom stereocenters. The third kappa shape index (κ3) is 3.41. The zero-order valence-electron chi connectivity index (χ0n) is 13.4. The van der Waals surface area contributed by atoms with Gasteiger partial charge in [0.1, 0.15) is 0 Å². The number of hydrogen-bond donors (Lipinski definition) is 1. The molecule has 116 valence electrons. The molecule has 1 atom stereocenters. The van der Waals surface area contributed by atoms with Gasteiger partial charge in [0.2, 0.25) is 0 Å². The molecule has 0 saturated heterocycles. The molecular formula is C14H27N3O2S. The Labute approximate surface area is 122 Å². The summed E-state index contributed by atoms with van der Waals surface area (Å²) >= 11 is 0. The lowest BCUT2D eigenvalue weighted by Gasteiger charge is -2.32. The van der Waals surface area contributed by atoms with E-state index < -0.39 is 14.6 Å². The zero-order valence-corrected chi connectivity index (χ0v) is 14.2. The number of aromatic nitrogens is 2. The summed E-state index contributed by atoms with van der Waals surface area (Å²) < 4.78 is 25.1. The number of rotatable bonds is 7. The Morgan fingerprint density at radius 2 is 2.00 bits per heavy atom. The number of aryl methyl sites for hydroxylation is 2. The monoisotopic (exact) mass is 301 g/mol. The minimum Gasteiger partial charge on any atom is -0.315 e. The van der Waals surface area contributed by atoms with Crippen molar-refractivity contribution in [1.29, 1.82) is 0 Å². The molecule has 0 amide bonds. The van der Waals surface area contributed by atoms with Crippen LogP contribution in [0.5, 0.6) is 0 Å². The summed E-state index contributed by atoms with van der Waals surface area (Å²) in [7, 11) is -1.33. The first kappa shape index (κ1) is 17.2. The van der Waals surface area contributed by atoms with Crippen LogP contribution in [-0.4, -0.2) is 42.3 Å². The molecule has 6 heteroatoms. The first-order valence-electron chi connectivity index (χ1n) is 7.09. The summed E-state index contributed by atoms with van der Waals surface area (Å²) in [5, 5.41) is 7.67. The molecule has 5 nitrogen and oxygen atoms in total. The van der Waals surface area contributed by atoms with Gasteiger partial charge in [0.25, 0.3) is 0 Å². The number of sulfone groups is 1. The van der Waals surface area contributed by atoms with E-state index in [0.717, 1.165) is 24.4 Å². The lowest BCUT2D eigenvalue weighted by atomic mass is 9.98. The second-order valence-corrected chi connectivity index (χ2v) is 8.31. The molecule has 1 aromatic heterocycles. The molecule has 0 bridgehead atoms. The van der Waals surface area contributed by atoms with E-state index in [2.05, 4.69) is 23.4 Å². The van der Waals surface area contributed by atoms with Gasteiger partial charge in [-0.2, -0.15) is 5.10 Å². The maximum absolute atomic E-state index is 12.0. The van der Waals surface area contributed by atoms with Crippen LogP contribution >= 0.6 is 0 Å². The standard InChI is InChI=1S/C14H27N3O2S/c1-7-11-9-12(17(8-2)16-11)10-13(15-5)14(3,4)20(6,18)19/h9,13,15H,7-8,10H2,1-6H3. The highest BCUT2D eigenvalue weighted by molar-refractivity contribution is 7.92. The number of nitrogens with one attached hydrogen (secondary N) is 1. The van der Waals surface area contributed by atoms with Crippen LogP contribution in [0.15, 0.2) is 6.07 Å². The molecule has 1 N–H and O–H groups in total. The molecular weight excluding hydrogens is 274 g/mol. The van der Waals surface area contributed by atoms with E-state index in [0.29, 0.717) is 6.42 Å². The Morgan fingerprint density at radius 1 is 1.40 bits per heavy atom. The number of likely N-dealkylation sites (N-methyl/N-ethyl adjacent to an activating group) is 1. The number of hydrogen-bond acceptors (Lipinski definition) is 4. The smallest absolute Gasteiger partial charge is 0.154 e. The van der Waals surface area contributed by atoms with Crippen LogP contribution in [0, 0.1) is 0 Å². The molecule has 1 aromatic rings. The number of nitrogens with zero attached hydrogens (tertiary/aromatic N) is 2. The van der Waals surface area contributed by atoms with E-state index in [-0.39, 0.29) is 6.04 Å². The molecule has 20 heavy (non-hydrogen) atoms. The normalized spacial score (nSPS) is 14.5. The summed E-state index contributed by atoms with van der Waals surface area (Å²) in [5.74, 6) is 0. The molecule has 0 fully saturated rings. The molecule has 1 rings (SSSR count). The van der Waals surface area contributed by atoms with Crippen LogP contribution < -0.4 is 5.32 Å². The lowest BCUT2D eigenvalue weighted by molar-refractivity contribution is 0.419. The molecule has 0 aromatic carbocycles. The average molecular weight is 301 g/mol. The molecule has 0 aliphatic rings. The van der Waals surface area contributed by atoms with Gasteiger partial charge in [0.05, 0.1) is 10.4 Å². The van der Waals surface area contributed by atoms with Crippen molar-refractivity contribution in [3.8, 4) is 0 Å². The summed E-state index contributed by atoms with van der Waals surface area (Å²) in [5.41, 5.74) is 2.13. The molecule has 0 radical (unpaired) electrons. The van der Waals surface area contributed by atoms with Gasteiger partial charge in [-0.1, -0.05) is 6.92 Å². The van der Waals surface area contributed by atoms with Crippen molar-refractivity contribution in [2.75, 3.05) is 13.3 Å². The predicted molar refractivity (Wildman–Crippen MR) is 82.8 cm³/mol. The fourth-order valence-electron chi connectivity index (χ4n) is 2.29. The van der Waals surface area contributed by atoms with Gasteiger partial charge < -0.3 is 5.32 Å². The highest BCUT2D eigenvalue weighted by atomic mass is 32.2. The fraction of sp³-hybridized carbons (Fsp3) is 0.786. The van der Waals surface area contributed by atoms with Crippen molar-refractivity contribution < 1.29 is 8.42 Å². The Balaban J connectivity index is 3.08. The van der Waals surface area contributed by atoms with Crippen LogP contribution in [0.3, 0.4) is 0 Å². The van der Waals surface area contributed by atoms with E-state index in [1.54, 1.807) is 13.8 Å². The minimum atomic E-state index is -3.14. The van der Waals surface area contributed by atoms with Gasteiger partial charge in [-0.05, 0) is 40.3 Å². The molecule has 0 spiro atoms. The van der Waals surface area contributed by atoms with Gasteiger partial charge in [-0.15, -0.1) is 0 Å². The summed E-state index contributed by atoms with van der Waals surface area (Å²) in [6.45, 7) is 8.47. The van der Waals surface area contributed by atoms with E-state index in [1.165, 1.54) is 6.26 Å². The van der Waals surface area contributed by atoms with Crippen molar-refractivity contribution in [1.82, 2.24) is 15.1 Å². The predicted octanol–water partition coefficient (Wildman–Crippen LogP) is 1.42. The van der Waals surface area contributed by atoms with E-state index in [4.69, 9.17) is 0 Å². The van der Waals surface area contributed by atoms with Crippen LogP contribution in [-0.2, 0) is 29.2 Å². The highest BCUT2D eigenvalue weighted by Gasteiger charge is 2.38. The minimum absolute atomic E-state index is 0.149. The highest BCUT2D eigenvalue weighted by Crippen LogP contribution is 2.23. The van der Waals surface area contributed by atoms with Crippen molar-refractivity contribution in [2.24, 2.45) is 0 Å². The average Bonchev–Trinajstić information content (AvgIpc) is 2.76. The van der Waals surface area contributed by atoms with Gasteiger partial charge >= 0.3 is 0 Å². The van der Waals surface area contributed by atoms with Gasteiger partial charge in [0, 0.05) is 31.0 Å². The van der Waals surface area contributed by atoms with Crippen LogP contribution in [0.25, 0.3) is 0 Å². The van der Waals surface area contributed by atoms with Crippen LogP contribution in [0.1, 0.15) is 39.1 Å².